The van der Waals surface area contributed by atoms with Crippen LogP contribution < -0.4 is 21.1 Å². The molecule has 1 saturated carbocycles. The number of rotatable bonds is 6. The summed E-state index contributed by atoms with van der Waals surface area (Å²) in [6.45, 7) is 3.21. The van der Waals surface area contributed by atoms with Gasteiger partial charge in [-0.15, -0.1) is 0 Å². The number of nitrogens with one attached hydrogen (secondary N) is 2. The van der Waals surface area contributed by atoms with E-state index >= 15 is 0 Å². The summed E-state index contributed by atoms with van der Waals surface area (Å²) in [4.78, 5) is 11.0. The third-order valence-electron chi connectivity index (χ3n) is 6.92. The third kappa shape index (κ3) is 5.04. The minimum atomic E-state index is -3.36. The quantitative estimate of drug-likeness (QED) is 0.396. The molecule has 0 radical (unpaired) electrons. The Labute approximate surface area is 204 Å². The Morgan fingerprint density at radius 1 is 1.17 bits per heavy atom. The van der Waals surface area contributed by atoms with E-state index in [-0.39, 0.29) is 29.9 Å². The second kappa shape index (κ2) is 9.59. The molecule has 188 valence electrons. The zero-order chi connectivity index (χ0) is 24.6. The Balaban J connectivity index is 1.33. The van der Waals surface area contributed by atoms with Crippen LogP contribution >= 0.6 is 0 Å². The maximum absolute atomic E-state index is 12.8. The number of hydrogen-bond donors (Lipinski definition) is 4. The number of anilines is 3. The maximum Gasteiger partial charge on any atom is 0.222 e. The zero-order valence-electron chi connectivity index (χ0n) is 19.8. The first-order valence-electron chi connectivity index (χ1n) is 12.1. The molecule has 1 aliphatic carbocycles. The number of ether oxygens (including phenoxy) is 1. The molecule has 35 heavy (non-hydrogen) atoms. The standard InChI is InChI=1S/C23H32N8O3S/c1-14-13-34-16(11-26-35(32,33)17-5-3-2-4-6-17)12-31(14)21-10-19(27-23(25)28-21)15-7-8-18-20(9-15)29-30-22(18)24/h7-10,14,16-17,26H,2-6,11-13H2,1H3,(H3,24,29,30)(H2,25,27,28). The van der Waals surface area contributed by atoms with Crippen LogP contribution in [0.3, 0.4) is 0 Å². The number of nitrogens with two attached hydrogens (primary N) is 2. The van der Waals surface area contributed by atoms with Crippen molar-refractivity contribution in [3.63, 3.8) is 0 Å². The summed E-state index contributed by atoms with van der Waals surface area (Å²) >= 11 is 0. The molecule has 11 nitrogen and oxygen atoms in total. The van der Waals surface area contributed by atoms with Crippen molar-refractivity contribution in [3.05, 3.63) is 24.3 Å². The SMILES string of the molecule is CC1COC(CNS(=O)(=O)C2CCCCC2)CN1c1cc(-c2ccc3c(N)n[nH]c3c2)nc(N)n1. The molecular weight excluding hydrogens is 468 g/mol. The average Bonchev–Trinajstić information content (AvgIpc) is 3.23. The number of aromatic nitrogens is 4. The van der Waals surface area contributed by atoms with Crippen LogP contribution in [0.25, 0.3) is 22.2 Å². The van der Waals surface area contributed by atoms with Crippen molar-refractivity contribution in [2.45, 2.75) is 56.4 Å². The van der Waals surface area contributed by atoms with Crippen molar-refractivity contribution in [1.82, 2.24) is 24.9 Å². The van der Waals surface area contributed by atoms with Gasteiger partial charge in [-0.1, -0.05) is 25.3 Å². The van der Waals surface area contributed by atoms with Gasteiger partial charge in [0.25, 0.3) is 0 Å². The van der Waals surface area contributed by atoms with Gasteiger partial charge in [-0.05, 0) is 31.9 Å². The molecule has 2 fully saturated rings. The zero-order valence-corrected chi connectivity index (χ0v) is 20.6. The van der Waals surface area contributed by atoms with E-state index in [2.05, 4.69) is 29.8 Å². The number of aromatic amines is 1. The summed E-state index contributed by atoms with van der Waals surface area (Å²) in [7, 11) is -3.36. The van der Waals surface area contributed by atoms with Crippen LogP contribution in [0.1, 0.15) is 39.0 Å². The first kappa shape index (κ1) is 23.8. The highest BCUT2D eigenvalue weighted by atomic mass is 32.2. The fraction of sp³-hybridized carbons (Fsp3) is 0.522. The highest BCUT2D eigenvalue weighted by molar-refractivity contribution is 7.90. The van der Waals surface area contributed by atoms with Crippen LogP contribution in [0.5, 0.6) is 0 Å². The summed E-state index contributed by atoms with van der Waals surface area (Å²) in [5.41, 5.74) is 14.3. The minimum Gasteiger partial charge on any atom is -0.382 e. The van der Waals surface area contributed by atoms with Gasteiger partial charge in [0.1, 0.15) is 5.82 Å². The Kier molecular flexibility index (Phi) is 6.51. The van der Waals surface area contributed by atoms with E-state index in [4.69, 9.17) is 16.2 Å². The molecule has 3 aromatic rings. The van der Waals surface area contributed by atoms with Gasteiger partial charge in [0.15, 0.2) is 5.82 Å². The molecule has 5 rings (SSSR count). The highest BCUT2D eigenvalue weighted by Gasteiger charge is 2.31. The second-order valence-electron chi connectivity index (χ2n) is 9.45. The second-order valence-corrected chi connectivity index (χ2v) is 11.5. The molecule has 6 N–H and O–H groups in total. The molecular formula is C23H32N8O3S. The Morgan fingerprint density at radius 2 is 1.97 bits per heavy atom. The number of sulfonamides is 1. The summed E-state index contributed by atoms with van der Waals surface area (Å²) < 4.78 is 34.3. The van der Waals surface area contributed by atoms with Crippen molar-refractivity contribution in [2.24, 2.45) is 0 Å². The van der Waals surface area contributed by atoms with Gasteiger partial charge in [0.2, 0.25) is 16.0 Å². The van der Waals surface area contributed by atoms with Crippen molar-refractivity contribution < 1.29 is 13.2 Å². The molecule has 2 aromatic heterocycles. The number of benzene rings is 1. The lowest BCUT2D eigenvalue weighted by atomic mass is 10.0. The van der Waals surface area contributed by atoms with E-state index in [0.717, 1.165) is 48.6 Å². The average molecular weight is 501 g/mol. The first-order valence-corrected chi connectivity index (χ1v) is 13.6. The van der Waals surface area contributed by atoms with Crippen LogP contribution in [0.4, 0.5) is 17.6 Å². The van der Waals surface area contributed by atoms with E-state index in [0.29, 0.717) is 30.5 Å². The van der Waals surface area contributed by atoms with Crippen LogP contribution in [-0.2, 0) is 14.8 Å². The molecule has 2 atom stereocenters. The van der Waals surface area contributed by atoms with Crippen LogP contribution in [-0.4, -0.2) is 65.7 Å². The number of H-pyrrole nitrogens is 1. The largest absolute Gasteiger partial charge is 0.382 e. The summed E-state index contributed by atoms with van der Waals surface area (Å²) in [6, 6.07) is 7.68. The molecule has 2 unspecified atom stereocenters. The highest BCUT2D eigenvalue weighted by Crippen LogP contribution is 2.29. The Morgan fingerprint density at radius 3 is 2.77 bits per heavy atom. The maximum atomic E-state index is 12.8. The fourth-order valence-electron chi connectivity index (χ4n) is 4.91. The summed E-state index contributed by atoms with van der Waals surface area (Å²) in [5.74, 6) is 1.28. The molecule has 3 heterocycles. The van der Waals surface area contributed by atoms with Gasteiger partial charge < -0.3 is 21.1 Å². The van der Waals surface area contributed by atoms with Crippen LogP contribution in [0.15, 0.2) is 24.3 Å². The number of hydrogen-bond acceptors (Lipinski definition) is 9. The number of nitrogens with zero attached hydrogens (tertiary/aromatic N) is 4. The molecule has 1 aromatic carbocycles. The normalized spacial score (nSPS) is 22.0. The predicted octanol–water partition coefficient (Wildman–Crippen LogP) is 2.03. The van der Waals surface area contributed by atoms with Gasteiger partial charge in [-0.25, -0.2) is 18.1 Å². The van der Waals surface area contributed by atoms with E-state index in [1.165, 1.54) is 0 Å². The molecule has 1 aliphatic heterocycles. The summed E-state index contributed by atoms with van der Waals surface area (Å²) in [5, 5.41) is 7.51. The molecule has 1 saturated heterocycles. The van der Waals surface area contributed by atoms with E-state index in [9.17, 15) is 8.42 Å². The number of nitrogen functional groups attached to an aromatic ring is 2. The van der Waals surface area contributed by atoms with Gasteiger partial charge in [-0.3, -0.25) is 5.10 Å². The van der Waals surface area contributed by atoms with Gasteiger partial charge in [0.05, 0.1) is 35.2 Å². The smallest absolute Gasteiger partial charge is 0.222 e. The van der Waals surface area contributed by atoms with Crippen molar-refractivity contribution in [1.29, 1.82) is 0 Å². The van der Waals surface area contributed by atoms with Crippen LogP contribution in [0.2, 0.25) is 0 Å². The topological polar surface area (TPSA) is 165 Å². The Hall–Kier alpha value is -2.96. The lowest BCUT2D eigenvalue weighted by molar-refractivity contribution is 0.0258. The fourth-order valence-corrected chi connectivity index (χ4v) is 6.52. The lowest BCUT2D eigenvalue weighted by Crippen LogP contribution is -2.52. The molecule has 2 aliphatic rings. The first-order chi connectivity index (χ1) is 16.8. The van der Waals surface area contributed by atoms with Gasteiger partial charge >= 0.3 is 0 Å². The lowest BCUT2D eigenvalue weighted by Gasteiger charge is -2.39. The number of fused-ring (bicyclic) bond motifs is 1. The molecule has 0 amide bonds. The van der Waals surface area contributed by atoms with Crippen LogP contribution in [0, 0.1) is 0 Å². The Bertz CT molecular complexity index is 1310. The van der Waals surface area contributed by atoms with Gasteiger partial charge in [0, 0.05) is 30.1 Å². The molecule has 0 bridgehead atoms. The third-order valence-corrected chi connectivity index (χ3v) is 8.84. The van der Waals surface area contributed by atoms with E-state index in [1.807, 2.05) is 31.2 Å². The molecule has 0 spiro atoms. The van der Waals surface area contributed by atoms with Crippen molar-refractivity contribution >= 4 is 38.5 Å². The number of morpholine rings is 1. The summed E-state index contributed by atoms with van der Waals surface area (Å²) in [6.07, 6.45) is 4.20. The van der Waals surface area contributed by atoms with Gasteiger partial charge in [-0.2, -0.15) is 10.1 Å². The van der Waals surface area contributed by atoms with E-state index < -0.39 is 10.0 Å². The monoisotopic (exact) mass is 500 g/mol. The predicted molar refractivity (Wildman–Crippen MR) is 136 cm³/mol. The minimum absolute atomic E-state index is 0.0400. The van der Waals surface area contributed by atoms with Crippen molar-refractivity contribution in [2.75, 3.05) is 36.1 Å². The molecule has 12 heteroatoms. The van der Waals surface area contributed by atoms with Crippen molar-refractivity contribution in [3.8, 4) is 11.3 Å². The van der Waals surface area contributed by atoms with E-state index in [1.54, 1.807) is 0 Å².